The summed E-state index contributed by atoms with van der Waals surface area (Å²) in [7, 11) is 0. The van der Waals surface area contributed by atoms with E-state index in [0.717, 1.165) is 31.5 Å². The number of rotatable bonds is 5. The van der Waals surface area contributed by atoms with Crippen molar-refractivity contribution in [1.29, 1.82) is 0 Å². The van der Waals surface area contributed by atoms with E-state index < -0.39 is 11.7 Å². The highest BCUT2D eigenvalue weighted by molar-refractivity contribution is 7.99. The Balaban J connectivity index is 1.81. The summed E-state index contributed by atoms with van der Waals surface area (Å²) in [4.78, 5) is 2.88. The second-order valence-electron chi connectivity index (χ2n) is 4.90. The number of halogens is 3. The Bertz CT molecular complexity index is 456. The summed E-state index contributed by atoms with van der Waals surface area (Å²) in [5.41, 5.74) is 4.98. The van der Waals surface area contributed by atoms with Crippen LogP contribution in [0.4, 0.5) is 13.2 Å². The monoisotopic (exact) mass is 320 g/mol. The van der Waals surface area contributed by atoms with Gasteiger partial charge < -0.3 is 10.5 Å². The Hall–Kier alpha value is -0.760. The molecule has 0 saturated carbocycles. The van der Waals surface area contributed by atoms with Gasteiger partial charge in [-0.25, -0.2) is 0 Å². The first kappa shape index (κ1) is 16.6. The first-order chi connectivity index (χ1) is 9.99. The number of hydrogen-bond acceptors (Lipinski definition) is 4. The van der Waals surface area contributed by atoms with Gasteiger partial charge in [-0.15, -0.1) is 11.8 Å². The lowest BCUT2D eigenvalue weighted by atomic mass is 10.2. The third-order valence-corrected chi connectivity index (χ3v) is 4.30. The molecule has 1 aliphatic rings. The quantitative estimate of drug-likeness (QED) is 0.846. The van der Waals surface area contributed by atoms with Gasteiger partial charge in [-0.3, -0.25) is 4.90 Å². The van der Waals surface area contributed by atoms with Crippen LogP contribution in [0.15, 0.2) is 29.2 Å². The highest BCUT2D eigenvalue weighted by Crippen LogP contribution is 2.31. The molecule has 1 unspecified atom stereocenters. The first-order valence-electron chi connectivity index (χ1n) is 6.83. The minimum Gasteiger partial charge on any atom is -0.374 e. The summed E-state index contributed by atoms with van der Waals surface area (Å²) in [6, 6.07) is 5.46. The lowest BCUT2D eigenvalue weighted by Gasteiger charge is -2.32. The Morgan fingerprint density at radius 1 is 1.38 bits per heavy atom. The van der Waals surface area contributed by atoms with Gasteiger partial charge in [-0.05, 0) is 18.2 Å². The molecule has 1 heterocycles. The van der Waals surface area contributed by atoms with Crippen LogP contribution in [0.3, 0.4) is 0 Å². The van der Waals surface area contributed by atoms with Gasteiger partial charge in [0.15, 0.2) is 0 Å². The van der Waals surface area contributed by atoms with E-state index in [1.54, 1.807) is 6.07 Å². The molecule has 7 heteroatoms. The summed E-state index contributed by atoms with van der Waals surface area (Å²) in [6.45, 7) is 3.62. The van der Waals surface area contributed by atoms with Crippen molar-refractivity contribution in [2.24, 2.45) is 5.73 Å². The maximum absolute atomic E-state index is 12.6. The van der Waals surface area contributed by atoms with Crippen LogP contribution in [0.5, 0.6) is 0 Å². The van der Waals surface area contributed by atoms with Crippen LogP contribution in [0.1, 0.15) is 5.56 Å². The van der Waals surface area contributed by atoms with Crippen LogP contribution in [0, 0.1) is 0 Å². The average molecular weight is 320 g/mol. The number of hydrogen-bond donors (Lipinski definition) is 1. The molecule has 0 amide bonds. The summed E-state index contributed by atoms with van der Waals surface area (Å²) in [5, 5.41) is 0. The van der Waals surface area contributed by atoms with Gasteiger partial charge in [0.05, 0.1) is 18.3 Å². The van der Waals surface area contributed by atoms with E-state index in [1.807, 2.05) is 0 Å². The maximum Gasteiger partial charge on any atom is 0.416 e. The van der Waals surface area contributed by atoms with Crippen LogP contribution in [0.25, 0.3) is 0 Å². The molecule has 0 bridgehead atoms. The van der Waals surface area contributed by atoms with Crippen LogP contribution >= 0.6 is 11.8 Å². The largest absolute Gasteiger partial charge is 0.416 e. The highest BCUT2D eigenvalue weighted by atomic mass is 32.2. The third kappa shape index (κ3) is 5.18. The number of morpholine rings is 1. The van der Waals surface area contributed by atoms with E-state index in [-0.39, 0.29) is 6.10 Å². The smallest absolute Gasteiger partial charge is 0.374 e. The second-order valence-corrected chi connectivity index (χ2v) is 6.07. The van der Waals surface area contributed by atoms with Gasteiger partial charge in [0.2, 0.25) is 0 Å². The lowest BCUT2D eigenvalue weighted by molar-refractivity contribution is -0.137. The molecule has 21 heavy (non-hydrogen) atoms. The number of benzene rings is 1. The van der Waals surface area contributed by atoms with Crippen LogP contribution in [-0.2, 0) is 10.9 Å². The molecule has 2 rings (SSSR count). The molecular weight excluding hydrogens is 301 g/mol. The van der Waals surface area contributed by atoms with Crippen molar-refractivity contribution >= 4 is 11.8 Å². The molecule has 0 aliphatic carbocycles. The third-order valence-electron chi connectivity index (χ3n) is 3.32. The van der Waals surface area contributed by atoms with Gasteiger partial charge in [0.25, 0.3) is 0 Å². The predicted molar refractivity (Wildman–Crippen MR) is 77.4 cm³/mol. The fraction of sp³-hybridized carbons (Fsp3) is 0.571. The van der Waals surface area contributed by atoms with Crippen molar-refractivity contribution in [3.63, 3.8) is 0 Å². The minimum atomic E-state index is -4.28. The SMILES string of the molecule is NCC1CN(CCSc2cccc(C(F)(F)F)c2)CCO1. The normalized spacial score (nSPS) is 20.7. The zero-order valence-corrected chi connectivity index (χ0v) is 12.4. The van der Waals surface area contributed by atoms with Gasteiger partial charge in [-0.1, -0.05) is 6.07 Å². The van der Waals surface area contributed by atoms with Crippen molar-refractivity contribution in [3.05, 3.63) is 29.8 Å². The second kappa shape index (κ2) is 7.49. The summed E-state index contributed by atoms with van der Waals surface area (Å²) in [6.07, 6.45) is -4.22. The van der Waals surface area contributed by atoms with Gasteiger partial charge in [-0.2, -0.15) is 13.2 Å². The predicted octanol–water partition coefficient (Wildman–Crippen LogP) is 2.46. The van der Waals surface area contributed by atoms with E-state index in [4.69, 9.17) is 10.5 Å². The molecule has 1 saturated heterocycles. The van der Waals surface area contributed by atoms with E-state index in [0.29, 0.717) is 18.0 Å². The molecule has 1 aromatic carbocycles. The molecule has 1 fully saturated rings. The minimum absolute atomic E-state index is 0.0670. The van der Waals surface area contributed by atoms with Crippen molar-refractivity contribution in [2.45, 2.75) is 17.2 Å². The van der Waals surface area contributed by atoms with Crippen LogP contribution in [-0.4, -0.2) is 49.5 Å². The summed E-state index contributed by atoms with van der Waals surface area (Å²) in [5.74, 6) is 0.749. The van der Waals surface area contributed by atoms with Gasteiger partial charge >= 0.3 is 6.18 Å². The molecule has 0 aromatic heterocycles. The molecule has 0 radical (unpaired) electrons. The molecule has 2 N–H and O–H groups in total. The molecule has 1 aromatic rings. The molecule has 0 spiro atoms. The first-order valence-corrected chi connectivity index (χ1v) is 7.81. The summed E-state index contributed by atoms with van der Waals surface area (Å²) >= 11 is 1.44. The zero-order valence-electron chi connectivity index (χ0n) is 11.6. The Labute approximate surface area is 126 Å². The lowest BCUT2D eigenvalue weighted by Crippen LogP contribution is -2.46. The Kier molecular flexibility index (Phi) is 5.92. The fourth-order valence-corrected chi connectivity index (χ4v) is 3.15. The highest BCUT2D eigenvalue weighted by Gasteiger charge is 2.30. The number of nitrogens with two attached hydrogens (primary N) is 1. The van der Waals surface area contributed by atoms with Crippen molar-refractivity contribution in [3.8, 4) is 0 Å². The Morgan fingerprint density at radius 2 is 2.19 bits per heavy atom. The molecule has 118 valence electrons. The van der Waals surface area contributed by atoms with E-state index in [1.165, 1.54) is 23.9 Å². The van der Waals surface area contributed by atoms with Gasteiger partial charge in [0, 0.05) is 36.8 Å². The van der Waals surface area contributed by atoms with Gasteiger partial charge in [0.1, 0.15) is 0 Å². The molecule has 1 atom stereocenters. The molecule has 3 nitrogen and oxygen atoms in total. The maximum atomic E-state index is 12.6. The fourth-order valence-electron chi connectivity index (χ4n) is 2.18. The summed E-state index contributed by atoms with van der Waals surface area (Å²) < 4.78 is 43.3. The zero-order chi connectivity index (χ0) is 15.3. The Morgan fingerprint density at radius 3 is 2.90 bits per heavy atom. The van der Waals surface area contributed by atoms with Crippen molar-refractivity contribution < 1.29 is 17.9 Å². The van der Waals surface area contributed by atoms with E-state index >= 15 is 0 Å². The number of thioether (sulfide) groups is 1. The standard InChI is InChI=1S/C14H19F3N2OS/c15-14(16,17)11-2-1-3-13(8-11)21-7-5-19-4-6-20-12(9-18)10-19/h1-3,8,12H,4-7,9-10,18H2. The molecular formula is C14H19F3N2OS. The van der Waals surface area contributed by atoms with E-state index in [9.17, 15) is 13.2 Å². The van der Waals surface area contributed by atoms with Crippen molar-refractivity contribution in [1.82, 2.24) is 4.90 Å². The van der Waals surface area contributed by atoms with Crippen LogP contribution < -0.4 is 5.73 Å². The topological polar surface area (TPSA) is 38.5 Å². The van der Waals surface area contributed by atoms with Crippen LogP contribution in [0.2, 0.25) is 0 Å². The van der Waals surface area contributed by atoms with Crippen molar-refractivity contribution in [2.75, 3.05) is 38.5 Å². The molecule has 1 aliphatic heterocycles. The number of nitrogens with zero attached hydrogens (tertiary/aromatic N) is 1. The van der Waals surface area contributed by atoms with E-state index in [2.05, 4.69) is 4.90 Å². The number of alkyl halides is 3. The average Bonchev–Trinajstić information content (AvgIpc) is 2.47. The number of ether oxygens (including phenoxy) is 1.